The maximum Gasteiger partial charge on any atom is 0.225 e. The summed E-state index contributed by atoms with van der Waals surface area (Å²) in [5, 5.41) is 3.04. The molecule has 1 amide bonds. The zero-order valence-electron chi connectivity index (χ0n) is 16.7. The summed E-state index contributed by atoms with van der Waals surface area (Å²) >= 11 is 0. The number of methoxy groups -OCH3 is 1. The molecular formula is C22H33N3O2. The molecule has 0 aromatic heterocycles. The van der Waals surface area contributed by atoms with Crippen LogP contribution in [-0.4, -0.2) is 61.6 Å². The van der Waals surface area contributed by atoms with Gasteiger partial charge >= 0.3 is 0 Å². The van der Waals surface area contributed by atoms with Gasteiger partial charge in [0.15, 0.2) is 0 Å². The minimum absolute atomic E-state index is 0.0744. The van der Waals surface area contributed by atoms with Gasteiger partial charge in [0, 0.05) is 45.2 Å². The maximum absolute atomic E-state index is 12.5. The van der Waals surface area contributed by atoms with Gasteiger partial charge in [0.2, 0.25) is 5.91 Å². The predicted octanol–water partition coefficient (Wildman–Crippen LogP) is 3.14. The lowest BCUT2D eigenvalue weighted by atomic mass is 9.95. The Hall–Kier alpha value is -1.59. The first-order valence-electron chi connectivity index (χ1n) is 10.5. The normalized spacial score (nSPS) is 26.0. The van der Waals surface area contributed by atoms with Crippen LogP contribution in [0.3, 0.4) is 0 Å². The number of nitrogens with zero attached hydrogens (tertiary/aromatic N) is 2. The second-order valence-electron chi connectivity index (χ2n) is 8.76. The van der Waals surface area contributed by atoms with E-state index in [1.54, 1.807) is 7.11 Å². The third-order valence-corrected chi connectivity index (χ3v) is 6.38. The molecule has 0 radical (unpaired) electrons. The molecule has 5 heteroatoms. The van der Waals surface area contributed by atoms with Crippen molar-refractivity contribution in [1.29, 1.82) is 0 Å². The van der Waals surface area contributed by atoms with Crippen molar-refractivity contribution >= 4 is 11.6 Å². The Bertz CT molecular complexity index is 674. The van der Waals surface area contributed by atoms with Gasteiger partial charge in [0.1, 0.15) is 5.75 Å². The summed E-state index contributed by atoms with van der Waals surface area (Å²) in [6.45, 7) is 7.73. The van der Waals surface area contributed by atoms with E-state index in [1.807, 2.05) is 25.1 Å². The van der Waals surface area contributed by atoms with Crippen molar-refractivity contribution in [3.05, 3.63) is 23.8 Å². The average Bonchev–Trinajstić information content (AvgIpc) is 3.48. The van der Waals surface area contributed by atoms with Crippen LogP contribution in [0.1, 0.15) is 37.7 Å². The van der Waals surface area contributed by atoms with E-state index >= 15 is 0 Å². The van der Waals surface area contributed by atoms with Gasteiger partial charge in [-0.15, -0.1) is 0 Å². The van der Waals surface area contributed by atoms with Crippen LogP contribution in [0.15, 0.2) is 18.2 Å². The summed E-state index contributed by atoms with van der Waals surface area (Å²) < 4.78 is 5.37. The molecule has 4 aliphatic rings. The van der Waals surface area contributed by atoms with Gasteiger partial charge in [-0.25, -0.2) is 0 Å². The van der Waals surface area contributed by atoms with Crippen LogP contribution >= 0.6 is 0 Å². The van der Waals surface area contributed by atoms with Gasteiger partial charge in [0.25, 0.3) is 0 Å². The fraction of sp³-hybridized carbons (Fsp3) is 0.682. The van der Waals surface area contributed by atoms with Gasteiger partial charge in [-0.2, -0.15) is 0 Å². The summed E-state index contributed by atoms with van der Waals surface area (Å²) in [5.74, 6) is 2.54. The molecule has 2 atom stereocenters. The molecule has 5 rings (SSSR count). The summed E-state index contributed by atoms with van der Waals surface area (Å²) in [4.78, 5) is 17.8. The predicted molar refractivity (Wildman–Crippen MR) is 108 cm³/mol. The molecule has 3 saturated heterocycles. The van der Waals surface area contributed by atoms with Crippen molar-refractivity contribution in [2.75, 3.05) is 45.2 Å². The highest BCUT2D eigenvalue weighted by Crippen LogP contribution is 2.34. The van der Waals surface area contributed by atoms with Crippen LogP contribution < -0.4 is 10.1 Å². The van der Waals surface area contributed by atoms with Gasteiger partial charge in [0.05, 0.1) is 12.8 Å². The summed E-state index contributed by atoms with van der Waals surface area (Å²) in [7, 11) is 1.64. The molecule has 1 saturated carbocycles. The fourth-order valence-corrected chi connectivity index (χ4v) is 4.71. The number of aryl methyl sites for hydroxylation is 1. The Labute approximate surface area is 163 Å². The number of carbonyl (C=O) groups is 1. The van der Waals surface area contributed by atoms with Crippen molar-refractivity contribution in [3.8, 4) is 5.75 Å². The van der Waals surface area contributed by atoms with Gasteiger partial charge in [-0.05, 0) is 62.1 Å². The zero-order valence-corrected chi connectivity index (χ0v) is 16.7. The molecular weight excluding hydrogens is 338 g/mol. The van der Waals surface area contributed by atoms with E-state index in [0.29, 0.717) is 12.5 Å². The van der Waals surface area contributed by atoms with Crippen LogP contribution in [0.25, 0.3) is 0 Å². The van der Waals surface area contributed by atoms with E-state index in [0.717, 1.165) is 48.5 Å². The molecule has 3 aliphatic heterocycles. The second kappa shape index (κ2) is 8.19. The summed E-state index contributed by atoms with van der Waals surface area (Å²) in [6.07, 6.45) is 6.09. The second-order valence-corrected chi connectivity index (χ2v) is 8.76. The van der Waals surface area contributed by atoms with Crippen molar-refractivity contribution < 1.29 is 9.53 Å². The molecule has 0 spiro atoms. The number of fused-ring (bicyclic) bond motifs is 4. The molecule has 3 heterocycles. The minimum Gasteiger partial charge on any atom is -0.495 e. The molecule has 1 aromatic carbocycles. The number of hydrogen-bond acceptors (Lipinski definition) is 4. The van der Waals surface area contributed by atoms with Gasteiger partial charge < -0.3 is 15.0 Å². The number of carbonyl (C=O) groups excluding carboxylic acids is 1. The molecule has 5 nitrogen and oxygen atoms in total. The Morgan fingerprint density at radius 1 is 1.19 bits per heavy atom. The molecule has 2 bridgehead atoms. The molecule has 148 valence electrons. The van der Waals surface area contributed by atoms with E-state index < -0.39 is 0 Å². The van der Waals surface area contributed by atoms with E-state index in [9.17, 15) is 4.79 Å². The van der Waals surface area contributed by atoms with E-state index in [1.165, 1.54) is 38.8 Å². The first kappa shape index (κ1) is 18.8. The van der Waals surface area contributed by atoms with E-state index in [4.69, 9.17) is 4.74 Å². The van der Waals surface area contributed by atoms with Crippen LogP contribution in [0.4, 0.5) is 5.69 Å². The van der Waals surface area contributed by atoms with Crippen LogP contribution in [0, 0.1) is 18.8 Å². The number of benzene rings is 1. The number of anilines is 1. The van der Waals surface area contributed by atoms with Crippen LogP contribution in [0.2, 0.25) is 0 Å². The number of nitrogens with one attached hydrogen (secondary N) is 1. The third-order valence-electron chi connectivity index (χ3n) is 6.38. The van der Waals surface area contributed by atoms with Crippen molar-refractivity contribution in [2.24, 2.45) is 11.8 Å². The Balaban J connectivity index is 1.29. The molecule has 1 aliphatic carbocycles. The highest BCUT2D eigenvalue weighted by Gasteiger charge is 2.37. The molecule has 1 aromatic rings. The monoisotopic (exact) mass is 371 g/mol. The first-order valence-corrected chi connectivity index (χ1v) is 10.5. The molecule has 0 unspecified atom stereocenters. The Kier molecular flexibility index (Phi) is 5.69. The SMILES string of the molecule is COc1ccc(C)cc1NC(=O)CCN1C[C@@H]2CC[C@H](C1)N(CC1CC1)C2. The molecule has 4 fully saturated rings. The number of rotatable bonds is 7. The van der Waals surface area contributed by atoms with Crippen LogP contribution in [-0.2, 0) is 4.79 Å². The standard InChI is InChI=1S/C22H33N3O2/c1-16-3-8-21(27-2)20(11-16)23-22(26)9-10-24-12-18-6-7-19(15-24)25(14-18)13-17-4-5-17/h3,8,11,17-19H,4-7,9-10,12-15H2,1-2H3,(H,23,26)/t18-,19+/m0/s1. The zero-order chi connectivity index (χ0) is 18.8. The lowest BCUT2D eigenvalue weighted by Crippen LogP contribution is -2.44. The topological polar surface area (TPSA) is 44.8 Å². The largest absolute Gasteiger partial charge is 0.495 e. The Morgan fingerprint density at radius 2 is 2.04 bits per heavy atom. The highest BCUT2D eigenvalue weighted by molar-refractivity contribution is 5.92. The number of amides is 1. The van der Waals surface area contributed by atoms with Crippen molar-refractivity contribution in [2.45, 2.75) is 45.1 Å². The van der Waals surface area contributed by atoms with Crippen LogP contribution in [0.5, 0.6) is 5.75 Å². The molecule has 27 heavy (non-hydrogen) atoms. The number of piperidine rings is 1. The fourth-order valence-electron chi connectivity index (χ4n) is 4.71. The van der Waals surface area contributed by atoms with Gasteiger partial charge in [-0.1, -0.05) is 6.07 Å². The van der Waals surface area contributed by atoms with Gasteiger partial charge in [-0.3, -0.25) is 9.69 Å². The lowest BCUT2D eigenvalue weighted by molar-refractivity contribution is -0.116. The highest BCUT2D eigenvalue weighted by atomic mass is 16.5. The van der Waals surface area contributed by atoms with Crippen molar-refractivity contribution in [1.82, 2.24) is 9.80 Å². The number of ether oxygens (including phenoxy) is 1. The third kappa shape index (κ3) is 4.82. The quantitative estimate of drug-likeness (QED) is 0.800. The van der Waals surface area contributed by atoms with E-state index in [-0.39, 0.29) is 5.91 Å². The number of hydrogen-bond donors (Lipinski definition) is 1. The Morgan fingerprint density at radius 3 is 2.81 bits per heavy atom. The lowest BCUT2D eigenvalue weighted by Gasteiger charge is -2.36. The van der Waals surface area contributed by atoms with Crippen molar-refractivity contribution in [3.63, 3.8) is 0 Å². The smallest absolute Gasteiger partial charge is 0.225 e. The summed E-state index contributed by atoms with van der Waals surface area (Å²) in [5.41, 5.74) is 1.89. The average molecular weight is 372 g/mol. The first-order chi connectivity index (χ1) is 13.1. The molecule has 1 N–H and O–H groups in total. The maximum atomic E-state index is 12.5. The minimum atomic E-state index is 0.0744. The van der Waals surface area contributed by atoms with E-state index in [2.05, 4.69) is 15.1 Å². The summed E-state index contributed by atoms with van der Waals surface area (Å²) in [6, 6.07) is 6.57.